The molecule has 0 amide bonds. The van der Waals surface area contributed by atoms with Crippen LogP contribution in [0.3, 0.4) is 0 Å². The highest BCUT2D eigenvalue weighted by Crippen LogP contribution is 2.38. The minimum atomic E-state index is 0.611. The van der Waals surface area contributed by atoms with E-state index in [1.165, 1.54) is 43.4 Å². The zero-order chi connectivity index (χ0) is 13.9. The molecule has 0 saturated heterocycles. The largest absolute Gasteiger partial charge is 0.325 e. The van der Waals surface area contributed by atoms with Crippen molar-refractivity contribution in [2.75, 3.05) is 5.88 Å². The molecular weight excluding hydrogens is 268 g/mol. The highest BCUT2D eigenvalue weighted by molar-refractivity contribution is 6.17. The number of hydrogen-bond acceptors (Lipinski definition) is 1. The van der Waals surface area contributed by atoms with Gasteiger partial charge in [0.1, 0.15) is 5.82 Å². The molecule has 2 nitrogen and oxygen atoms in total. The summed E-state index contributed by atoms with van der Waals surface area (Å²) >= 11 is 5.99. The number of fused-ring (bicyclic) bond motifs is 1. The lowest BCUT2D eigenvalue weighted by Gasteiger charge is -2.33. The minimum Gasteiger partial charge on any atom is -0.325 e. The normalized spacial score (nSPS) is 23.3. The fourth-order valence-corrected chi connectivity index (χ4v) is 3.90. The minimum absolute atomic E-state index is 0.611. The summed E-state index contributed by atoms with van der Waals surface area (Å²) in [4.78, 5) is 4.82. The maximum atomic E-state index is 5.99. The van der Waals surface area contributed by atoms with E-state index in [2.05, 4.69) is 35.8 Å². The molecule has 1 aromatic heterocycles. The number of para-hydroxylation sites is 2. The van der Waals surface area contributed by atoms with Gasteiger partial charge in [0.05, 0.1) is 11.0 Å². The van der Waals surface area contributed by atoms with Gasteiger partial charge in [0.2, 0.25) is 0 Å². The highest BCUT2D eigenvalue weighted by Gasteiger charge is 2.28. The Balaban J connectivity index is 2.09. The monoisotopic (exact) mass is 290 g/mol. The molecule has 2 aromatic rings. The van der Waals surface area contributed by atoms with Crippen molar-refractivity contribution in [2.45, 2.75) is 51.5 Å². The van der Waals surface area contributed by atoms with Crippen LogP contribution in [0.25, 0.3) is 11.0 Å². The van der Waals surface area contributed by atoms with Crippen molar-refractivity contribution in [1.82, 2.24) is 9.55 Å². The third kappa shape index (κ3) is 2.46. The first kappa shape index (κ1) is 13.9. The van der Waals surface area contributed by atoms with Gasteiger partial charge in [-0.25, -0.2) is 4.98 Å². The molecule has 0 N–H and O–H groups in total. The molecular formula is C17H23ClN2. The lowest BCUT2D eigenvalue weighted by atomic mass is 9.82. The van der Waals surface area contributed by atoms with E-state index in [9.17, 15) is 0 Å². The number of halogens is 1. The van der Waals surface area contributed by atoms with Crippen molar-refractivity contribution in [2.24, 2.45) is 5.92 Å². The second-order valence-corrected chi connectivity index (χ2v) is 6.22. The molecule has 1 fully saturated rings. The third-order valence-electron chi connectivity index (χ3n) is 4.71. The van der Waals surface area contributed by atoms with Crippen LogP contribution in [-0.4, -0.2) is 15.4 Å². The van der Waals surface area contributed by atoms with Crippen molar-refractivity contribution < 1.29 is 0 Å². The number of rotatable bonds is 4. The Morgan fingerprint density at radius 2 is 2.05 bits per heavy atom. The van der Waals surface area contributed by atoms with Gasteiger partial charge in [0, 0.05) is 18.3 Å². The van der Waals surface area contributed by atoms with Crippen LogP contribution in [0, 0.1) is 5.92 Å². The molecule has 108 valence electrons. The molecule has 1 aromatic carbocycles. The zero-order valence-corrected chi connectivity index (χ0v) is 12.9. The lowest BCUT2D eigenvalue weighted by molar-refractivity contribution is 0.233. The Kier molecular flexibility index (Phi) is 4.30. The number of aryl methyl sites for hydroxylation is 1. The van der Waals surface area contributed by atoms with Crippen LogP contribution in [0.15, 0.2) is 24.3 Å². The van der Waals surface area contributed by atoms with E-state index in [0.29, 0.717) is 11.9 Å². The number of imidazole rings is 1. The van der Waals surface area contributed by atoms with Crippen LogP contribution in [-0.2, 0) is 6.42 Å². The summed E-state index contributed by atoms with van der Waals surface area (Å²) in [5, 5.41) is 0. The lowest BCUT2D eigenvalue weighted by Crippen LogP contribution is -2.24. The van der Waals surface area contributed by atoms with E-state index in [1.54, 1.807) is 0 Å². The van der Waals surface area contributed by atoms with Gasteiger partial charge in [-0.3, -0.25) is 0 Å². The van der Waals surface area contributed by atoms with Gasteiger partial charge >= 0.3 is 0 Å². The van der Waals surface area contributed by atoms with Gasteiger partial charge in [-0.1, -0.05) is 38.3 Å². The Morgan fingerprint density at radius 3 is 2.85 bits per heavy atom. The van der Waals surface area contributed by atoms with Gasteiger partial charge in [-0.15, -0.1) is 11.6 Å². The van der Waals surface area contributed by atoms with Crippen LogP contribution in [0.1, 0.15) is 50.9 Å². The van der Waals surface area contributed by atoms with Crippen molar-refractivity contribution in [1.29, 1.82) is 0 Å². The van der Waals surface area contributed by atoms with Gasteiger partial charge in [0.15, 0.2) is 0 Å². The van der Waals surface area contributed by atoms with Gasteiger partial charge in [-0.05, 0) is 30.9 Å². The molecule has 1 aliphatic carbocycles. The zero-order valence-electron chi connectivity index (χ0n) is 12.2. The predicted octanol–water partition coefficient (Wildman–Crippen LogP) is 4.96. The maximum absolute atomic E-state index is 5.99. The predicted molar refractivity (Wildman–Crippen MR) is 85.4 cm³/mol. The Morgan fingerprint density at radius 1 is 1.25 bits per heavy atom. The first-order valence-corrected chi connectivity index (χ1v) is 8.40. The van der Waals surface area contributed by atoms with Gasteiger partial charge < -0.3 is 4.57 Å². The number of hydrogen-bond donors (Lipinski definition) is 0. The van der Waals surface area contributed by atoms with Crippen LogP contribution in [0.2, 0.25) is 0 Å². The fourth-order valence-electron chi connectivity index (χ4n) is 3.73. The molecule has 0 radical (unpaired) electrons. The first-order chi connectivity index (χ1) is 9.85. The molecule has 1 saturated carbocycles. The second-order valence-electron chi connectivity index (χ2n) is 5.85. The van der Waals surface area contributed by atoms with Gasteiger partial charge in [-0.2, -0.15) is 0 Å². The molecule has 0 aliphatic heterocycles. The quantitative estimate of drug-likeness (QED) is 0.728. The van der Waals surface area contributed by atoms with E-state index in [-0.39, 0.29) is 0 Å². The van der Waals surface area contributed by atoms with E-state index < -0.39 is 0 Å². The summed E-state index contributed by atoms with van der Waals surface area (Å²) in [7, 11) is 0. The van der Waals surface area contributed by atoms with Crippen LogP contribution < -0.4 is 0 Å². The summed E-state index contributed by atoms with van der Waals surface area (Å²) in [5.74, 6) is 2.61. The van der Waals surface area contributed by atoms with Crippen LogP contribution in [0.4, 0.5) is 0 Å². The molecule has 0 bridgehead atoms. The summed E-state index contributed by atoms with van der Waals surface area (Å²) in [5.41, 5.74) is 2.41. The summed E-state index contributed by atoms with van der Waals surface area (Å²) in [6, 6.07) is 9.13. The van der Waals surface area contributed by atoms with Crippen molar-refractivity contribution in [3.8, 4) is 0 Å². The third-order valence-corrected chi connectivity index (χ3v) is 4.90. The molecule has 2 unspecified atom stereocenters. The number of benzene rings is 1. The summed E-state index contributed by atoms with van der Waals surface area (Å²) < 4.78 is 2.50. The number of nitrogens with zero attached hydrogens (tertiary/aromatic N) is 2. The second kappa shape index (κ2) is 6.17. The van der Waals surface area contributed by atoms with Gasteiger partial charge in [0.25, 0.3) is 0 Å². The smallest absolute Gasteiger partial charge is 0.111 e. The first-order valence-electron chi connectivity index (χ1n) is 7.87. The average Bonchev–Trinajstić information content (AvgIpc) is 2.85. The number of aromatic nitrogens is 2. The Hall–Kier alpha value is -1.02. The molecule has 3 heteroatoms. The molecule has 2 atom stereocenters. The van der Waals surface area contributed by atoms with Crippen molar-refractivity contribution >= 4 is 22.6 Å². The molecule has 1 heterocycles. The van der Waals surface area contributed by atoms with Crippen LogP contribution >= 0.6 is 11.6 Å². The standard InChI is InChI=1S/C17H23ClN2/c1-2-13-7-3-5-9-15(13)20-16-10-6-4-8-14(16)19-17(20)11-12-18/h4,6,8,10,13,15H,2-3,5,7,9,11-12H2,1H3. The Bertz CT molecular complexity index is 575. The fraction of sp³-hybridized carbons (Fsp3) is 0.588. The SMILES string of the molecule is CCC1CCCCC1n1c(CCCl)nc2ccccc21. The topological polar surface area (TPSA) is 17.8 Å². The van der Waals surface area contributed by atoms with Crippen LogP contribution in [0.5, 0.6) is 0 Å². The summed E-state index contributed by atoms with van der Waals surface area (Å²) in [6.45, 7) is 2.32. The Labute approximate surface area is 126 Å². The average molecular weight is 291 g/mol. The van der Waals surface area contributed by atoms with Crippen molar-refractivity contribution in [3.63, 3.8) is 0 Å². The molecule has 0 spiro atoms. The molecule has 20 heavy (non-hydrogen) atoms. The maximum Gasteiger partial charge on any atom is 0.111 e. The van der Waals surface area contributed by atoms with E-state index >= 15 is 0 Å². The number of alkyl halides is 1. The van der Waals surface area contributed by atoms with E-state index in [0.717, 1.165) is 17.9 Å². The van der Waals surface area contributed by atoms with E-state index in [4.69, 9.17) is 16.6 Å². The van der Waals surface area contributed by atoms with Crippen molar-refractivity contribution in [3.05, 3.63) is 30.1 Å². The molecule has 1 aliphatic rings. The highest BCUT2D eigenvalue weighted by atomic mass is 35.5. The summed E-state index contributed by atoms with van der Waals surface area (Å²) in [6.07, 6.45) is 7.49. The van der Waals surface area contributed by atoms with E-state index in [1.807, 2.05) is 0 Å². The molecule has 3 rings (SSSR count).